The summed E-state index contributed by atoms with van der Waals surface area (Å²) in [5.41, 5.74) is 2.82. The molecule has 4 aromatic rings. The molecule has 0 bridgehead atoms. The van der Waals surface area contributed by atoms with Crippen LogP contribution in [0.1, 0.15) is 21.5 Å². The monoisotopic (exact) mass is 599 g/mol. The van der Waals surface area contributed by atoms with Crippen molar-refractivity contribution in [2.45, 2.75) is 23.6 Å². The molecule has 3 N–H and O–H groups in total. The number of amides is 1. The van der Waals surface area contributed by atoms with Gasteiger partial charge in [0.25, 0.3) is 26.0 Å². The van der Waals surface area contributed by atoms with Crippen LogP contribution in [0.5, 0.6) is 5.75 Å². The minimum absolute atomic E-state index is 0.0151. The molecule has 0 atom stereocenters. The molecule has 0 radical (unpaired) electrons. The highest BCUT2D eigenvalue weighted by Crippen LogP contribution is 2.27. The van der Waals surface area contributed by atoms with Crippen molar-refractivity contribution in [3.8, 4) is 5.75 Å². The Morgan fingerprint density at radius 3 is 2.02 bits per heavy atom. The van der Waals surface area contributed by atoms with E-state index in [0.29, 0.717) is 22.8 Å². The summed E-state index contributed by atoms with van der Waals surface area (Å²) in [6.07, 6.45) is 0. The highest BCUT2D eigenvalue weighted by atomic mass is 35.5. The fourth-order valence-electron chi connectivity index (χ4n) is 3.77. The van der Waals surface area contributed by atoms with Crippen molar-refractivity contribution in [1.29, 1.82) is 0 Å². The average Bonchev–Trinajstić information content (AvgIpc) is 2.91. The Morgan fingerprint density at radius 1 is 0.750 bits per heavy atom. The summed E-state index contributed by atoms with van der Waals surface area (Å²) in [5.74, 6) is -0.0160. The lowest BCUT2D eigenvalue weighted by atomic mass is 10.1. The molecule has 1 amide bonds. The van der Waals surface area contributed by atoms with Gasteiger partial charge in [-0.3, -0.25) is 14.2 Å². The van der Waals surface area contributed by atoms with E-state index in [-0.39, 0.29) is 20.4 Å². The van der Waals surface area contributed by atoms with Gasteiger partial charge in [0.15, 0.2) is 0 Å². The fraction of sp³-hybridized carbons (Fsp3) is 0.107. The number of halogens is 1. The van der Waals surface area contributed by atoms with Crippen LogP contribution in [-0.2, 0) is 20.0 Å². The highest BCUT2D eigenvalue weighted by Gasteiger charge is 2.22. The number of sulfonamides is 2. The molecular formula is C28H26ClN3O6S2. The van der Waals surface area contributed by atoms with Crippen LogP contribution in [0.3, 0.4) is 0 Å². The molecule has 0 fully saturated rings. The molecular weight excluding hydrogens is 574 g/mol. The Labute approximate surface area is 238 Å². The van der Waals surface area contributed by atoms with E-state index < -0.39 is 26.0 Å². The smallest absolute Gasteiger partial charge is 0.263 e. The van der Waals surface area contributed by atoms with Crippen molar-refractivity contribution in [1.82, 2.24) is 0 Å². The lowest BCUT2D eigenvalue weighted by Crippen LogP contribution is -2.17. The van der Waals surface area contributed by atoms with E-state index in [0.717, 1.165) is 11.1 Å². The van der Waals surface area contributed by atoms with Crippen LogP contribution >= 0.6 is 11.6 Å². The predicted octanol–water partition coefficient (Wildman–Crippen LogP) is 5.82. The van der Waals surface area contributed by atoms with E-state index in [1.54, 1.807) is 43.3 Å². The molecule has 4 aromatic carbocycles. The Bertz CT molecular complexity index is 1770. The minimum atomic E-state index is -4.10. The van der Waals surface area contributed by atoms with Crippen molar-refractivity contribution < 1.29 is 26.4 Å². The van der Waals surface area contributed by atoms with Gasteiger partial charge in [-0.25, -0.2) is 16.8 Å². The van der Waals surface area contributed by atoms with Crippen LogP contribution in [-0.4, -0.2) is 29.9 Å². The number of hydrogen-bond donors (Lipinski definition) is 3. The van der Waals surface area contributed by atoms with E-state index >= 15 is 0 Å². The molecule has 208 valence electrons. The molecule has 40 heavy (non-hydrogen) atoms. The van der Waals surface area contributed by atoms with Crippen molar-refractivity contribution in [2.75, 3.05) is 21.9 Å². The number of hydrogen-bond acceptors (Lipinski definition) is 6. The second-order valence-electron chi connectivity index (χ2n) is 8.88. The number of aryl methyl sites for hydroxylation is 2. The SMILES string of the molecule is COc1ccc(NS(=O)(=O)c2ccc(NC(=O)c3ccc(Cl)c(S(=O)(=O)Nc4ccc(C)cc4C)c3)cc2)cc1. The third-order valence-electron chi connectivity index (χ3n) is 5.87. The molecule has 9 nitrogen and oxygen atoms in total. The summed E-state index contributed by atoms with van der Waals surface area (Å²) >= 11 is 6.19. The zero-order valence-electron chi connectivity index (χ0n) is 21.7. The highest BCUT2D eigenvalue weighted by molar-refractivity contribution is 7.93. The number of anilines is 3. The maximum atomic E-state index is 13.1. The first-order chi connectivity index (χ1) is 18.9. The number of ether oxygens (including phenoxy) is 1. The van der Waals surface area contributed by atoms with Gasteiger partial charge in [0.2, 0.25) is 0 Å². The maximum Gasteiger partial charge on any atom is 0.263 e. The standard InChI is InChI=1S/C28H26ClN3O6S2/c1-18-4-15-26(19(2)16-18)32-40(36,37)27-17-20(5-14-25(27)29)28(33)30-21-8-12-24(13-9-21)39(34,35)31-22-6-10-23(38-3)11-7-22/h4-17,31-32H,1-3H3,(H,30,33). The van der Waals surface area contributed by atoms with Gasteiger partial charge in [0.05, 0.1) is 22.7 Å². The van der Waals surface area contributed by atoms with E-state index in [1.807, 2.05) is 13.0 Å². The average molecular weight is 600 g/mol. The van der Waals surface area contributed by atoms with Gasteiger partial charge in [-0.2, -0.15) is 0 Å². The summed E-state index contributed by atoms with van der Waals surface area (Å²) in [4.78, 5) is 12.6. The van der Waals surface area contributed by atoms with E-state index in [9.17, 15) is 21.6 Å². The van der Waals surface area contributed by atoms with Crippen LogP contribution < -0.4 is 19.5 Å². The largest absolute Gasteiger partial charge is 0.497 e. The molecule has 0 spiro atoms. The van der Waals surface area contributed by atoms with Crippen molar-refractivity contribution in [3.05, 3.63) is 107 Å². The van der Waals surface area contributed by atoms with Crippen LogP contribution in [0.25, 0.3) is 0 Å². The maximum absolute atomic E-state index is 13.1. The molecule has 0 aliphatic heterocycles. The van der Waals surface area contributed by atoms with Crippen LogP contribution in [0.4, 0.5) is 17.1 Å². The van der Waals surface area contributed by atoms with Gasteiger partial charge >= 0.3 is 0 Å². The third-order valence-corrected chi connectivity index (χ3v) is 9.12. The summed E-state index contributed by atoms with van der Waals surface area (Å²) in [6, 6.07) is 21.1. The quantitative estimate of drug-likeness (QED) is 0.222. The predicted molar refractivity (Wildman–Crippen MR) is 156 cm³/mol. The Balaban J connectivity index is 1.49. The first-order valence-electron chi connectivity index (χ1n) is 11.9. The van der Waals surface area contributed by atoms with Crippen molar-refractivity contribution >= 4 is 54.6 Å². The summed E-state index contributed by atoms with van der Waals surface area (Å²) in [5, 5.41) is 2.59. The topological polar surface area (TPSA) is 131 Å². The first-order valence-corrected chi connectivity index (χ1v) is 15.2. The van der Waals surface area contributed by atoms with E-state index in [4.69, 9.17) is 16.3 Å². The lowest BCUT2D eigenvalue weighted by Gasteiger charge is -2.13. The second kappa shape index (κ2) is 11.6. The molecule has 0 unspecified atom stereocenters. The lowest BCUT2D eigenvalue weighted by molar-refractivity contribution is 0.102. The number of carbonyl (C=O) groups is 1. The van der Waals surface area contributed by atoms with Crippen LogP contribution in [0.2, 0.25) is 5.02 Å². The summed E-state index contributed by atoms with van der Waals surface area (Å²) in [7, 11) is -6.47. The van der Waals surface area contributed by atoms with Crippen molar-refractivity contribution in [3.63, 3.8) is 0 Å². The van der Waals surface area contributed by atoms with Crippen molar-refractivity contribution in [2.24, 2.45) is 0 Å². The normalized spacial score (nSPS) is 11.5. The van der Waals surface area contributed by atoms with E-state index in [2.05, 4.69) is 14.8 Å². The molecule has 0 aliphatic carbocycles. The zero-order chi connectivity index (χ0) is 29.1. The number of nitrogens with one attached hydrogen (secondary N) is 3. The Hall–Kier alpha value is -4.06. The number of methoxy groups -OCH3 is 1. The molecule has 0 saturated carbocycles. The number of carbonyl (C=O) groups excluding carboxylic acids is 1. The van der Waals surface area contributed by atoms with Gasteiger partial charge in [0.1, 0.15) is 10.6 Å². The van der Waals surface area contributed by atoms with Gasteiger partial charge in [0, 0.05) is 16.9 Å². The molecule has 0 aromatic heterocycles. The fourth-order valence-corrected chi connectivity index (χ4v) is 6.49. The van der Waals surface area contributed by atoms with Gasteiger partial charge < -0.3 is 10.1 Å². The minimum Gasteiger partial charge on any atom is -0.497 e. The number of benzene rings is 4. The summed E-state index contributed by atoms with van der Waals surface area (Å²) < 4.78 is 61.7. The number of rotatable bonds is 9. The third kappa shape index (κ3) is 6.74. The zero-order valence-corrected chi connectivity index (χ0v) is 24.1. The summed E-state index contributed by atoms with van der Waals surface area (Å²) in [6.45, 7) is 3.68. The first kappa shape index (κ1) is 28.9. The van der Waals surface area contributed by atoms with Gasteiger partial charge in [-0.05, 0) is 92.2 Å². The van der Waals surface area contributed by atoms with Crippen LogP contribution in [0.15, 0.2) is 94.7 Å². The van der Waals surface area contributed by atoms with Crippen LogP contribution in [0, 0.1) is 13.8 Å². The van der Waals surface area contributed by atoms with Gasteiger partial charge in [-0.1, -0.05) is 29.3 Å². The molecule has 0 heterocycles. The molecule has 12 heteroatoms. The van der Waals surface area contributed by atoms with E-state index in [1.165, 1.54) is 49.6 Å². The van der Waals surface area contributed by atoms with Gasteiger partial charge in [-0.15, -0.1) is 0 Å². The molecule has 0 saturated heterocycles. The molecule has 4 rings (SSSR count). The Kier molecular flexibility index (Phi) is 8.38. The molecule has 0 aliphatic rings. The second-order valence-corrected chi connectivity index (χ2v) is 12.6. The Morgan fingerprint density at radius 2 is 1.40 bits per heavy atom.